The summed E-state index contributed by atoms with van der Waals surface area (Å²) in [6, 6.07) is 0. The van der Waals surface area contributed by atoms with Crippen LogP contribution in [0.15, 0.2) is 0 Å². The van der Waals surface area contributed by atoms with Crippen molar-refractivity contribution in [3.8, 4) is 0 Å². The molecule has 0 amide bonds. The molecule has 19 heavy (non-hydrogen) atoms. The van der Waals surface area contributed by atoms with E-state index in [2.05, 4.69) is 22.2 Å². The average Bonchev–Trinajstić information content (AvgIpc) is 2.44. The number of nitrogens with zero attached hydrogens (tertiary/aromatic N) is 2. The minimum Gasteiger partial charge on any atom is -0.376 e. The van der Waals surface area contributed by atoms with Gasteiger partial charge in [0.2, 0.25) is 0 Å². The predicted molar refractivity (Wildman–Crippen MR) is 74.2 cm³/mol. The molecule has 0 saturated heterocycles. The smallest absolute Gasteiger partial charge is 0.162 e. The standard InChI is InChI=1S/C14H23N3O2/c1-5-7-15-12-10-9-19-8-6-11(10)16-13(17-12)14(2,3)18-4/h5-9H2,1-4H3,(H,15,16,17). The molecule has 0 bridgehead atoms. The molecule has 0 atom stereocenters. The van der Waals surface area contributed by atoms with Gasteiger partial charge in [-0.25, -0.2) is 9.97 Å². The third kappa shape index (κ3) is 3.04. The molecule has 1 aliphatic heterocycles. The van der Waals surface area contributed by atoms with Crippen LogP contribution in [-0.2, 0) is 28.1 Å². The number of fused-ring (bicyclic) bond motifs is 1. The summed E-state index contributed by atoms with van der Waals surface area (Å²) in [5, 5.41) is 3.37. The first-order valence-corrected chi connectivity index (χ1v) is 6.85. The lowest BCUT2D eigenvalue weighted by Gasteiger charge is -2.26. The Bertz CT molecular complexity index is 447. The summed E-state index contributed by atoms with van der Waals surface area (Å²) in [7, 11) is 1.69. The fourth-order valence-electron chi connectivity index (χ4n) is 1.98. The molecular weight excluding hydrogens is 242 g/mol. The van der Waals surface area contributed by atoms with Crippen molar-refractivity contribution in [2.45, 2.75) is 45.8 Å². The summed E-state index contributed by atoms with van der Waals surface area (Å²) in [6.45, 7) is 8.32. The minimum absolute atomic E-state index is 0.476. The fraction of sp³-hybridized carbons (Fsp3) is 0.714. The van der Waals surface area contributed by atoms with Crippen LogP contribution in [0.3, 0.4) is 0 Å². The zero-order valence-electron chi connectivity index (χ0n) is 12.2. The van der Waals surface area contributed by atoms with E-state index in [0.29, 0.717) is 6.61 Å². The SMILES string of the molecule is CCCNc1nc(C(C)(C)OC)nc2c1COCC2. The maximum Gasteiger partial charge on any atom is 0.162 e. The zero-order valence-corrected chi connectivity index (χ0v) is 12.2. The van der Waals surface area contributed by atoms with Gasteiger partial charge in [-0.2, -0.15) is 0 Å². The van der Waals surface area contributed by atoms with Crippen molar-refractivity contribution in [2.24, 2.45) is 0 Å². The average molecular weight is 265 g/mol. The van der Waals surface area contributed by atoms with E-state index in [1.54, 1.807) is 7.11 Å². The van der Waals surface area contributed by atoms with Crippen molar-refractivity contribution < 1.29 is 9.47 Å². The van der Waals surface area contributed by atoms with Crippen molar-refractivity contribution in [3.05, 3.63) is 17.1 Å². The van der Waals surface area contributed by atoms with E-state index in [1.807, 2.05) is 13.8 Å². The second kappa shape index (κ2) is 5.84. The number of methoxy groups -OCH3 is 1. The molecule has 0 aromatic carbocycles. The second-order valence-electron chi connectivity index (χ2n) is 5.26. The van der Waals surface area contributed by atoms with Crippen molar-refractivity contribution in [1.82, 2.24) is 9.97 Å². The topological polar surface area (TPSA) is 56.3 Å². The molecule has 0 spiro atoms. The van der Waals surface area contributed by atoms with E-state index >= 15 is 0 Å². The predicted octanol–water partition coefficient (Wildman–Crippen LogP) is 2.25. The number of hydrogen-bond donors (Lipinski definition) is 1. The van der Waals surface area contributed by atoms with Gasteiger partial charge in [0.1, 0.15) is 11.4 Å². The van der Waals surface area contributed by atoms with Gasteiger partial charge in [-0.15, -0.1) is 0 Å². The summed E-state index contributed by atoms with van der Waals surface area (Å²) in [6.07, 6.45) is 1.90. The largest absolute Gasteiger partial charge is 0.376 e. The Morgan fingerprint density at radius 1 is 1.37 bits per heavy atom. The maximum absolute atomic E-state index is 5.52. The number of nitrogens with one attached hydrogen (secondary N) is 1. The number of anilines is 1. The van der Waals surface area contributed by atoms with Gasteiger partial charge in [-0.1, -0.05) is 6.92 Å². The van der Waals surface area contributed by atoms with Crippen LogP contribution in [0.25, 0.3) is 0 Å². The molecule has 0 fully saturated rings. The molecule has 5 nitrogen and oxygen atoms in total. The fourth-order valence-corrected chi connectivity index (χ4v) is 1.98. The van der Waals surface area contributed by atoms with Gasteiger partial charge in [0.15, 0.2) is 5.82 Å². The number of hydrogen-bond acceptors (Lipinski definition) is 5. The van der Waals surface area contributed by atoms with Gasteiger partial charge in [0.05, 0.1) is 18.9 Å². The molecule has 106 valence electrons. The van der Waals surface area contributed by atoms with Crippen LogP contribution in [0.5, 0.6) is 0 Å². The third-order valence-corrected chi connectivity index (χ3v) is 3.41. The first kappa shape index (κ1) is 14.2. The molecule has 2 rings (SSSR count). The molecule has 0 saturated carbocycles. The van der Waals surface area contributed by atoms with Crippen molar-refractivity contribution in [1.29, 1.82) is 0 Å². The highest BCUT2D eigenvalue weighted by molar-refractivity contribution is 5.47. The van der Waals surface area contributed by atoms with Gasteiger partial charge in [0.25, 0.3) is 0 Å². The van der Waals surface area contributed by atoms with E-state index in [0.717, 1.165) is 48.9 Å². The van der Waals surface area contributed by atoms with Gasteiger partial charge < -0.3 is 14.8 Å². The monoisotopic (exact) mass is 265 g/mol. The lowest BCUT2D eigenvalue weighted by atomic mass is 10.1. The lowest BCUT2D eigenvalue weighted by molar-refractivity contribution is 0.0109. The van der Waals surface area contributed by atoms with Crippen LogP contribution in [0.1, 0.15) is 44.3 Å². The van der Waals surface area contributed by atoms with E-state index in [9.17, 15) is 0 Å². The molecule has 2 heterocycles. The molecule has 1 N–H and O–H groups in total. The summed E-state index contributed by atoms with van der Waals surface area (Å²) in [5.41, 5.74) is 1.70. The van der Waals surface area contributed by atoms with Crippen LogP contribution < -0.4 is 5.32 Å². The number of aromatic nitrogens is 2. The van der Waals surface area contributed by atoms with E-state index in [-0.39, 0.29) is 0 Å². The van der Waals surface area contributed by atoms with E-state index < -0.39 is 5.60 Å². The van der Waals surface area contributed by atoms with E-state index in [1.165, 1.54) is 0 Å². The Morgan fingerprint density at radius 3 is 2.84 bits per heavy atom. The Hall–Kier alpha value is -1.20. The summed E-state index contributed by atoms with van der Waals surface area (Å²) < 4.78 is 11.0. The van der Waals surface area contributed by atoms with E-state index in [4.69, 9.17) is 9.47 Å². The molecule has 0 aliphatic carbocycles. The Labute approximate surface area is 114 Å². The van der Waals surface area contributed by atoms with Gasteiger partial charge in [0, 0.05) is 25.6 Å². The van der Waals surface area contributed by atoms with Gasteiger partial charge >= 0.3 is 0 Å². The molecule has 1 aromatic rings. The Kier molecular flexibility index (Phi) is 4.37. The highest BCUT2D eigenvalue weighted by atomic mass is 16.5. The minimum atomic E-state index is -0.476. The van der Waals surface area contributed by atoms with Crippen LogP contribution in [0.4, 0.5) is 5.82 Å². The summed E-state index contributed by atoms with van der Waals surface area (Å²) >= 11 is 0. The molecule has 1 aromatic heterocycles. The molecule has 0 unspecified atom stereocenters. The maximum atomic E-state index is 5.52. The highest BCUT2D eigenvalue weighted by Gasteiger charge is 2.27. The Balaban J connectivity index is 2.41. The van der Waals surface area contributed by atoms with Crippen LogP contribution in [0, 0.1) is 0 Å². The highest BCUT2D eigenvalue weighted by Crippen LogP contribution is 2.27. The Morgan fingerprint density at radius 2 is 2.16 bits per heavy atom. The van der Waals surface area contributed by atoms with Crippen LogP contribution in [0.2, 0.25) is 0 Å². The molecule has 0 radical (unpaired) electrons. The normalized spacial score (nSPS) is 15.2. The molecule has 1 aliphatic rings. The van der Waals surface area contributed by atoms with Crippen molar-refractivity contribution in [3.63, 3.8) is 0 Å². The number of rotatable bonds is 5. The first-order chi connectivity index (χ1) is 9.08. The third-order valence-electron chi connectivity index (χ3n) is 3.41. The van der Waals surface area contributed by atoms with Crippen molar-refractivity contribution in [2.75, 3.05) is 25.6 Å². The quantitative estimate of drug-likeness (QED) is 0.885. The van der Waals surface area contributed by atoms with Crippen molar-refractivity contribution >= 4 is 5.82 Å². The van der Waals surface area contributed by atoms with Gasteiger partial charge in [-0.3, -0.25) is 0 Å². The van der Waals surface area contributed by atoms with Crippen LogP contribution in [-0.4, -0.2) is 30.2 Å². The summed E-state index contributed by atoms with van der Waals surface area (Å²) in [4.78, 5) is 9.31. The van der Waals surface area contributed by atoms with Gasteiger partial charge in [-0.05, 0) is 20.3 Å². The molecule has 5 heteroatoms. The number of ether oxygens (including phenoxy) is 2. The first-order valence-electron chi connectivity index (χ1n) is 6.85. The van der Waals surface area contributed by atoms with Crippen LogP contribution >= 0.6 is 0 Å². The molecular formula is C14H23N3O2. The summed E-state index contributed by atoms with van der Waals surface area (Å²) in [5.74, 6) is 1.63. The second-order valence-corrected chi connectivity index (χ2v) is 5.26. The zero-order chi connectivity index (χ0) is 13.9. The lowest BCUT2D eigenvalue weighted by Crippen LogP contribution is -2.27.